The molecule has 2 heterocycles. The largest absolute Gasteiger partial charge is 0.379 e. The molecule has 8 nitrogen and oxygen atoms in total. The van der Waals surface area contributed by atoms with Crippen LogP contribution in [-0.2, 0) is 11.3 Å². The molecule has 2 aliphatic heterocycles. The van der Waals surface area contributed by atoms with E-state index in [0.29, 0.717) is 17.3 Å². The van der Waals surface area contributed by atoms with Gasteiger partial charge in [0, 0.05) is 50.0 Å². The molecular weight excluding hydrogens is 408 g/mol. The van der Waals surface area contributed by atoms with Gasteiger partial charge in [-0.05, 0) is 48.6 Å². The molecule has 0 radical (unpaired) electrons. The number of nitro groups is 1. The van der Waals surface area contributed by atoms with Crippen LogP contribution < -0.4 is 10.2 Å². The highest BCUT2D eigenvalue weighted by atomic mass is 16.6. The van der Waals surface area contributed by atoms with Crippen LogP contribution in [0.3, 0.4) is 0 Å². The number of nitrogens with one attached hydrogen (secondary N) is 1. The molecule has 0 bridgehead atoms. The number of benzene rings is 2. The molecule has 0 unspecified atom stereocenters. The molecule has 0 atom stereocenters. The van der Waals surface area contributed by atoms with Crippen LogP contribution in [0.5, 0.6) is 0 Å². The zero-order valence-electron chi connectivity index (χ0n) is 18.5. The molecule has 0 aliphatic carbocycles. The van der Waals surface area contributed by atoms with Gasteiger partial charge >= 0.3 is 0 Å². The third kappa shape index (κ3) is 5.44. The predicted octanol–water partition coefficient (Wildman–Crippen LogP) is 3.92. The number of rotatable bonds is 6. The second-order valence-electron chi connectivity index (χ2n) is 8.67. The van der Waals surface area contributed by atoms with Crippen molar-refractivity contribution in [2.45, 2.75) is 26.3 Å². The fourth-order valence-electron chi connectivity index (χ4n) is 4.24. The lowest BCUT2D eigenvalue weighted by Gasteiger charge is -2.31. The van der Waals surface area contributed by atoms with Crippen LogP contribution in [0, 0.1) is 16.0 Å². The molecule has 1 amide bonds. The number of amides is 1. The normalized spacial score (nSPS) is 17.8. The molecule has 1 N–H and O–H groups in total. The fraction of sp³-hybridized carbons (Fsp3) is 0.458. The van der Waals surface area contributed by atoms with Crippen LogP contribution in [0.25, 0.3) is 0 Å². The lowest BCUT2D eigenvalue weighted by atomic mass is 9.98. The highest BCUT2D eigenvalue weighted by molar-refractivity contribution is 6.05. The summed E-state index contributed by atoms with van der Waals surface area (Å²) in [6, 6.07) is 12.5. The maximum atomic E-state index is 12.8. The van der Waals surface area contributed by atoms with E-state index in [4.69, 9.17) is 4.74 Å². The van der Waals surface area contributed by atoms with Gasteiger partial charge < -0.3 is 15.0 Å². The summed E-state index contributed by atoms with van der Waals surface area (Å²) in [4.78, 5) is 28.4. The van der Waals surface area contributed by atoms with Gasteiger partial charge in [0.15, 0.2) is 0 Å². The highest BCUT2D eigenvalue weighted by Crippen LogP contribution is 2.32. The van der Waals surface area contributed by atoms with Crippen molar-refractivity contribution in [1.29, 1.82) is 0 Å². The smallest absolute Gasteiger partial charge is 0.293 e. The predicted molar refractivity (Wildman–Crippen MR) is 124 cm³/mol. The first-order chi connectivity index (χ1) is 15.5. The van der Waals surface area contributed by atoms with E-state index in [1.54, 1.807) is 12.1 Å². The van der Waals surface area contributed by atoms with E-state index in [2.05, 4.69) is 17.1 Å². The summed E-state index contributed by atoms with van der Waals surface area (Å²) in [5.74, 6) is 0.281. The Morgan fingerprint density at radius 1 is 1.09 bits per heavy atom. The molecule has 2 aromatic rings. The molecule has 32 heavy (non-hydrogen) atoms. The van der Waals surface area contributed by atoms with Gasteiger partial charge in [-0.2, -0.15) is 0 Å². The monoisotopic (exact) mass is 438 g/mol. The van der Waals surface area contributed by atoms with Crippen molar-refractivity contribution in [3.63, 3.8) is 0 Å². The van der Waals surface area contributed by atoms with Crippen LogP contribution in [0.15, 0.2) is 42.5 Å². The molecule has 2 aliphatic rings. The average Bonchev–Trinajstić information content (AvgIpc) is 2.81. The SMILES string of the molecule is CC1CCN(c2ccc(C(=O)Nc3ccc(CN4CCOCC4)cc3)cc2[N+](=O)[O-])CC1. The molecular formula is C24H30N4O4. The van der Waals surface area contributed by atoms with E-state index >= 15 is 0 Å². The summed E-state index contributed by atoms with van der Waals surface area (Å²) in [6.07, 6.45) is 2.03. The minimum absolute atomic E-state index is 0.0203. The first-order valence-corrected chi connectivity index (χ1v) is 11.2. The van der Waals surface area contributed by atoms with Crippen LogP contribution in [0.1, 0.15) is 35.7 Å². The molecule has 170 valence electrons. The van der Waals surface area contributed by atoms with Crippen LogP contribution >= 0.6 is 0 Å². The van der Waals surface area contributed by atoms with Crippen molar-refractivity contribution < 1.29 is 14.5 Å². The van der Waals surface area contributed by atoms with E-state index in [-0.39, 0.29) is 17.2 Å². The second kappa shape index (κ2) is 10.1. The number of morpholine rings is 1. The molecule has 2 saturated heterocycles. The van der Waals surface area contributed by atoms with E-state index in [0.717, 1.165) is 58.8 Å². The maximum Gasteiger partial charge on any atom is 0.293 e. The first-order valence-electron chi connectivity index (χ1n) is 11.2. The molecule has 2 fully saturated rings. The zero-order valence-corrected chi connectivity index (χ0v) is 18.5. The van der Waals surface area contributed by atoms with Gasteiger partial charge in [0.05, 0.1) is 18.1 Å². The molecule has 2 aromatic carbocycles. The summed E-state index contributed by atoms with van der Waals surface area (Å²) < 4.78 is 5.38. The van der Waals surface area contributed by atoms with Crippen LogP contribution in [0.4, 0.5) is 17.1 Å². The standard InChI is InChI=1S/C24H30N4O4/c1-18-8-10-27(11-9-18)22-7-4-20(16-23(22)28(30)31)24(29)25-21-5-2-19(3-6-21)17-26-12-14-32-15-13-26/h2-7,16,18H,8-15,17H2,1H3,(H,25,29). The number of ether oxygens (including phenoxy) is 1. The number of anilines is 2. The fourth-order valence-corrected chi connectivity index (χ4v) is 4.24. The molecule has 4 rings (SSSR count). The first kappa shape index (κ1) is 22.2. The van der Waals surface area contributed by atoms with Gasteiger partial charge in [-0.25, -0.2) is 0 Å². The van der Waals surface area contributed by atoms with Crippen molar-refractivity contribution in [1.82, 2.24) is 4.90 Å². The number of nitro benzene ring substituents is 1. The number of carbonyl (C=O) groups excluding carboxylic acids is 1. The Morgan fingerprint density at radius 3 is 2.44 bits per heavy atom. The van der Waals surface area contributed by atoms with Crippen LogP contribution in [-0.4, -0.2) is 55.1 Å². The summed E-state index contributed by atoms with van der Waals surface area (Å²) >= 11 is 0. The van der Waals surface area contributed by atoms with E-state index < -0.39 is 4.92 Å². The minimum atomic E-state index is -0.398. The third-order valence-corrected chi connectivity index (χ3v) is 6.28. The Bertz CT molecular complexity index is 949. The Balaban J connectivity index is 1.42. The Morgan fingerprint density at radius 2 is 1.78 bits per heavy atom. The molecule has 0 saturated carbocycles. The van der Waals surface area contributed by atoms with Gasteiger partial charge in [-0.1, -0.05) is 19.1 Å². The van der Waals surface area contributed by atoms with Gasteiger partial charge in [-0.3, -0.25) is 19.8 Å². The zero-order chi connectivity index (χ0) is 22.5. The van der Waals surface area contributed by atoms with Crippen molar-refractivity contribution >= 4 is 23.0 Å². The average molecular weight is 439 g/mol. The number of piperidine rings is 1. The highest BCUT2D eigenvalue weighted by Gasteiger charge is 2.25. The van der Waals surface area contributed by atoms with Crippen molar-refractivity contribution in [2.24, 2.45) is 5.92 Å². The Kier molecular flexibility index (Phi) is 7.02. The van der Waals surface area contributed by atoms with Crippen LogP contribution in [0.2, 0.25) is 0 Å². The minimum Gasteiger partial charge on any atom is -0.379 e. The van der Waals surface area contributed by atoms with Gasteiger partial charge in [0.2, 0.25) is 0 Å². The van der Waals surface area contributed by atoms with E-state index in [9.17, 15) is 14.9 Å². The molecule has 0 spiro atoms. The Hall–Kier alpha value is -2.97. The molecule has 0 aromatic heterocycles. The lowest BCUT2D eigenvalue weighted by Crippen LogP contribution is -2.35. The quantitative estimate of drug-likeness (QED) is 0.543. The Labute approximate surface area is 188 Å². The third-order valence-electron chi connectivity index (χ3n) is 6.28. The summed E-state index contributed by atoms with van der Waals surface area (Å²) in [5.41, 5.74) is 2.68. The summed E-state index contributed by atoms with van der Waals surface area (Å²) in [6.45, 7) is 8.00. The number of hydrogen-bond acceptors (Lipinski definition) is 6. The number of nitrogens with zero attached hydrogens (tertiary/aromatic N) is 3. The van der Waals surface area contributed by atoms with Crippen molar-refractivity contribution in [3.05, 3.63) is 63.7 Å². The maximum absolute atomic E-state index is 12.8. The van der Waals surface area contributed by atoms with Gasteiger partial charge in [0.1, 0.15) is 5.69 Å². The van der Waals surface area contributed by atoms with Crippen molar-refractivity contribution in [3.8, 4) is 0 Å². The topological polar surface area (TPSA) is 88.0 Å². The number of carbonyl (C=O) groups is 1. The van der Waals surface area contributed by atoms with E-state index in [1.807, 2.05) is 29.2 Å². The van der Waals surface area contributed by atoms with Crippen molar-refractivity contribution in [2.75, 3.05) is 49.6 Å². The summed E-state index contributed by atoms with van der Waals surface area (Å²) in [7, 11) is 0. The summed E-state index contributed by atoms with van der Waals surface area (Å²) in [5, 5.41) is 14.5. The second-order valence-corrected chi connectivity index (χ2v) is 8.67. The molecule has 8 heteroatoms. The lowest BCUT2D eigenvalue weighted by molar-refractivity contribution is -0.384. The number of hydrogen-bond donors (Lipinski definition) is 1. The van der Waals surface area contributed by atoms with E-state index in [1.165, 1.54) is 11.6 Å². The van der Waals surface area contributed by atoms with Gasteiger partial charge in [0.25, 0.3) is 11.6 Å². The van der Waals surface area contributed by atoms with Gasteiger partial charge in [-0.15, -0.1) is 0 Å².